The third-order valence-electron chi connectivity index (χ3n) is 3.79. The molecule has 0 radical (unpaired) electrons. The normalized spacial score (nSPS) is 13.1. The molecule has 6 nitrogen and oxygen atoms in total. The largest absolute Gasteiger partial charge is 0.493 e. The summed E-state index contributed by atoms with van der Waals surface area (Å²) in [5.41, 5.74) is -1.12. The zero-order valence-electron chi connectivity index (χ0n) is 15.3. The summed E-state index contributed by atoms with van der Waals surface area (Å²) in [5, 5.41) is 0.633. The number of hydrogen-bond donors (Lipinski definition) is 0. The van der Waals surface area contributed by atoms with E-state index in [-0.39, 0.29) is 12.5 Å². The minimum Gasteiger partial charge on any atom is -0.493 e. The molecule has 0 bridgehead atoms. The SMILES string of the molecule is COC(=O)C(CCCBr)(C(=O)OC(C)C)c1ccc(OC)c(OC)c1. The number of benzene rings is 1. The van der Waals surface area contributed by atoms with Gasteiger partial charge in [0, 0.05) is 5.33 Å². The first-order chi connectivity index (χ1) is 11.9. The Kier molecular flexibility index (Phi) is 8.22. The summed E-state index contributed by atoms with van der Waals surface area (Å²) in [4.78, 5) is 25.6. The van der Waals surface area contributed by atoms with Crippen LogP contribution < -0.4 is 9.47 Å². The van der Waals surface area contributed by atoms with Gasteiger partial charge in [0.1, 0.15) is 0 Å². The minimum absolute atomic E-state index is 0.242. The van der Waals surface area contributed by atoms with Gasteiger partial charge in [-0.05, 0) is 44.4 Å². The van der Waals surface area contributed by atoms with Crippen LogP contribution in [0.1, 0.15) is 32.3 Å². The molecule has 25 heavy (non-hydrogen) atoms. The van der Waals surface area contributed by atoms with Crippen LogP contribution in [0.3, 0.4) is 0 Å². The van der Waals surface area contributed by atoms with Crippen LogP contribution in [-0.4, -0.2) is 44.7 Å². The number of carbonyl (C=O) groups excluding carboxylic acids is 2. The Balaban J connectivity index is 3.56. The maximum absolute atomic E-state index is 12.9. The van der Waals surface area contributed by atoms with Crippen molar-refractivity contribution in [1.82, 2.24) is 0 Å². The summed E-state index contributed by atoms with van der Waals surface area (Å²) in [6.45, 7) is 3.47. The van der Waals surface area contributed by atoms with E-state index in [9.17, 15) is 9.59 Å². The molecule has 0 aliphatic heterocycles. The molecule has 0 spiro atoms. The highest BCUT2D eigenvalue weighted by atomic mass is 79.9. The first-order valence-electron chi connectivity index (χ1n) is 7.95. The summed E-state index contributed by atoms with van der Waals surface area (Å²) in [6.07, 6.45) is 0.462. The van der Waals surface area contributed by atoms with Crippen molar-refractivity contribution < 1.29 is 28.5 Å². The standard InChI is InChI=1S/C18H25BrO6/c1-12(2)25-17(21)18(9-6-10-19,16(20)24-5)13-7-8-14(22-3)15(11-13)23-4/h7-8,11-12H,6,9-10H2,1-5H3. The van der Waals surface area contributed by atoms with Crippen LogP contribution in [0.15, 0.2) is 18.2 Å². The topological polar surface area (TPSA) is 71.1 Å². The van der Waals surface area contributed by atoms with Gasteiger partial charge >= 0.3 is 11.9 Å². The van der Waals surface area contributed by atoms with E-state index in [1.54, 1.807) is 32.0 Å². The Labute approximate surface area is 156 Å². The van der Waals surface area contributed by atoms with E-state index in [0.29, 0.717) is 28.8 Å². The van der Waals surface area contributed by atoms with Crippen LogP contribution in [0.2, 0.25) is 0 Å². The fraction of sp³-hybridized carbons (Fsp3) is 0.556. The molecule has 1 aromatic rings. The van der Waals surface area contributed by atoms with Gasteiger partial charge in [-0.3, -0.25) is 9.59 Å². The van der Waals surface area contributed by atoms with Crippen LogP contribution in [0.4, 0.5) is 0 Å². The number of ether oxygens (including phenoxy) is 4. The van der Waals surface area contributed by atoms with E-state index in [1.807, 2.05) is 0 Å². The van der Waals surface area contributed by atoms with Crippen molar-refractivity contribution in [1.29, 1.82) is 0 Å². The van der Waals surface area contributed by atoms with Crippen molar-refractivity contribution in [2.45, 2.75) is 38.2 Å². The van der Waals surface area contributed by atoms with E-state index in [0.717, 1.165) is 0 Å². The fourth-order valence-electron chi connectivity index (χ4n) is 2.59. The summed E-state index contributed by atoms with van der Waals surface area (Å²) >= 11 is 3.35. The van der Waals surface area contributed by atoms with Crippen molar-refractivity contribution >= 4 is 27.9 Å². The second-order valence-corrected chi connectivity index (χ2v) is 6.51. The number of rotatable bonds is 9. The fourth-order valence-corrected chi connectivity index (χ4v) is 2.87. The van der Waals surface area contributed by atoms with E-state index in [1.165, 1.54) is 21.3 Å². The zero-order valence-corrected chi connectivity index (χ0v) is 16.8. The highest BCUT2D eigenvalue weighted by Crippen LogP contribution is 2.38. The van der Waals surface area contributed by atoms with Gasteiger partial charge in [-0.1, -0.05) is 22.0 Å². The second-order valence-electron chi connectivity index (χ2n) is 5.71. The maximum Gasteiger partial charge on any atom is 0.328 e. The number of methoxy groups -OCH3 is 3. The predicted molar refractivity (Wildman–Crippen MR) is 97.5 cm³/mol. The van der Waals surface area contributed by atoms with Gasteiger partial charge in [0.25, 0.3) is 0 Å². The number of hydrogen-bond acceptors (Lipinski definition) is 6. The van der Waals surface area contributed by atoms with Crippen LogP contribution >= 0.6 is 15.9 Å². The van der Waals surface area contributed by atoms with E-state index >= 15 is 0 Å². The second kappa shape index (κ2) is 9.65. The Morgan fingerprint density at radius 1 is 1.08 bits per heavy atom. The van der Waals surface area contributed by atoms with Crippen molar-refractivity contribution in [2.24, 2.45) is 0 Å². The molecular weight excluding hydrogens is 392 g/mol. The number of alkyl halides is 1. The highest BCUT2D eigenvalue weighted by molar-refractivity contribution is 9.09. The molecule has 0 heterocycles. The lowest BCUT2D eigenvalue weighted by molar-refractivity contribution is -0.166. The van der Waals surface area contributed by atoms with Gasteiger partial charge < -0.3 is 18.9 Å². The molecular formula is C18H25BrO6. The van der Waals surface area contributed by atoms with Crippen molar-refractivity contribution in [3.63, 3.8) is 0 Å². The lowest BCUT2D eigenvalue weighted by Crippen LogP contribution is -2.46. The Morgan fingerprint density at radius 3 is 2.20 bits per heavy atom. The minimum atomic E-state index is -1.56. The molecule has 0 amide bonds. The van der Waals surface area contributed by atoms with Crippen molar-refractivity contribution in [2.75, 3.05) is 26.7 Å². The first kappa shape index (κ1) is 21.3. The molecule has 1 rings (SSSR count). The highest BCUT2D eigenvalue weighted by Gasteiger charge is 2.50. The summed E-state index contributed by atoms with van der Waals surface area (Å²) in [5.74, 6) is -0.374. The van der Waals surface area contributed by atoms with Gasteiger partial charge in [-0.25, -0.2) is 0 Å². The summed E-state index contributed by atoms with van der Waals surface area (Å²) < 4.78 is 20.9. The average molecular weight is 417 g/mol. The number of halogens is 1. The van der Waals surface area contributed by atoms with Gasteiger partial charge in [-0.15, -0.1) is 0 Å². The average Bonchev–Trinajstić information content (AvgIpc) is 2.60. The van der Waals surface area contributed by atoms with Crippen LogP contribution in [0.5, 0.6) is 11.5 Å². The Bertz CT molecular complexity index is 601. The Morgan fingerprint density at radius 2 is 1.72 bits per heavy atom. The van der Waals surface area contributed by atoms with Gasteiger partial charge in [0.15, 0.2) is 16.9 Å². The molecule has 0 saturated carbocycles. The van der Waals surface area contributed by atoms with Crippen molar-refractivity contribution in [3.8, 4) is 11.5 Å². The van der Waals surface area contributed by atoms with E-state index in [2.05, 4.69) is 15.9 Å². The molecule has 140 valence electrons. The van der Waals surface area contributed by atoms with E-state index < -0.39 is 17.4 Å². The lowest BCUT2D eigenvalue weighted by Gasteiger charge is -2.30. The third kappa shape index (κ3) is 4.66. The molecule has 1 aromatic carbocycles. The first-order valence-corrected chi connectivity index (χ1v) is 9.07. The summed E-state index contributed by atoms with van der Waals surface area (Å²) in [7, 11) is 4.27. The van der Waals surface area contributed by atoms with E-state index in [4.69, 9.17) is 18.9 Å². The third-order valence-corrected chi connectivity index (χ3v) is 4.35. The number of carbonyl (C=O) groups is 2. The quantitative estimate of drug-likeness (QED) is 0.349. The lowest BCUT2D eigenvalue weighted by atomic mass is 9.76. The van der Waals surface area contributed by atoms with Crippen LogP contribution in [-0.2, 0) is 24.5 Å². The van der Waals surface area contributed by atoms with Gasteiger partial charge in [-0.2, -0.15) is 0 Å². The van der Waals surface area contributed by atoms with Crippen LogP contribution in [0.25, 0.3) is 0 Å². The molecule has 0 N–H and O–H groups in total. The molecule has 0 fully saturated rings. The molecule has 0 saturated heterocycles. The zero-order chi connectivity index (χ0) is 19.0. The predicted octanol–water partition coefficient (Wildman–Crippen LogP) is 3.24. The molecule has 0 aromatic heterocycles. The van der Waals surface area contributed by atoms with Gasteiger partial charge in [0.05, 0.1) is 27.4 Å². The monoisotopic (exact) mass is 416 g/mol. The molecule has 0 aliphatic carbocycles. The molecule has 1 atom stereocenters. The molecule has 0 aliphatic rings. The number of esters is 2. The summed E-state index contributed by atoms with van der Waals surface area (Å²) in [6, 6.07) is 4.93. The van der Waals surface area contributed by atoms with Crippen molar-refractivity contribution in [3.05, 3.63) is 23.8 Å². The Hall–Kier alpha value is -1.76. The molecule has 1 unspecified atom stereocenters. The van der Waals surface area contributed by atoms with Crippen LogP contribution in [0, 0.1) is 0 Å². The van der Waals surface area contributed by atoms with Gasteiger partial charge in [0.2, 0.25) is 0 Å². The smallest absolute Gasteiger partial charge is 0.328 e. The maximum atomic E-state index is 12.9. The molecule has 7 heteroatoms.